The second-order valence-corrected chi connectivity index (χ2v) is 15.0. The molecule has 9 heteroatoms. The number of phenolic OH excluding ortho intramolecular Hbond substituents is 4. The first-order valence-electron chi connectivity index (χ1n) is 18.6. The molecule has 7 N–H and O–H groups in total. The minimum atomic E-state index is -0.914. The fraction of sp³-hybridized carbons (Fsp3) is 0.419. The lowest BCUT2D eigenvalue weighted by molar-refractivity contribution is -0.122. The van der Waals surface area contributed by atoms with Crippen molar-refractivity contribution in [2.75, 3.05) is 6.73 Å². The van der Waals surface area contributed by atoms with E-state index in [2.05, 4.69) is 24.3 Å². The van der Waals surface area contributed by atoms with Gasteiger partial charge in [0.15, 0.2) is 23.0 Å². The van der Waals surface area contributed by atoms with E-state index in [4.69, 9.17) is 15.2 Å². The monoisotopic (exact) mass is 707 g/mol. The van der Waals surface area contributed by atoms with E-state index in [-0.39, 0.29) is 95.5 Å². The maximum absolute atomic E-state index is 13.5. The second kappa shape index (κ2) is 15.1. The molecule has 9 nitrogen and oxygen atoms in total. The van der Waals surface area contributed by atoms with E-state index >= 15 is 0 Å². The Kier molecular flexibility index (Phi) is 10.3. The number of ketones is 1. The van der Waals surface area contributed by atoms with Gasteiger partial charge in [0.05, 0.1) is 6.10 Å². The van der Waals surface area contributed by atoms with Crippen molar-refractivity contribution < 1.29 is 39.8 Å². The molecule has 274 valence electrons. The SMILES string of the molecule is NCOc1cc(CCC(=O)CC(O)C2CCC3CC(C4(c5ccccc5)CCCC4)C2c2cc(O)c(O)c(OCc4cccc(O)c4)c23)ccc1O. The first-order chi connectivity index (χ1) is 25.2. The smallest absolute Gasteiger partial charge is 0.200 e. The number of carbonyl (C=O) groups is 1. The number of aryl methyl sites for hydroxylation is 1. The van der Waals surface area contributed by atoms with E-state index in [1.54, 1.807) is 36.4 Å². The van der Waals surface area contributed by atoms with E-state index in [1.807, 2.05) is 12.1 Å². The van der Waals surface area contributed by atoms with Crippen LogP contribution in [0.15, 0.2) is 78.9 Å². The molecule has 4 aromatic carbocycles. The third-order valence-electron chi connectivity index (χ3n) is 12.1. The molecule has 2 saturated carbocycles. The average Bonchev–Trinajstić information content (AvgIpc) is 3.49. The van der Waals surface area contributed by atoms with Crippen LogP contribution in [0.25, 0.3) is 0 Å². The number of Topliss-reactive ketones (excluding diaryl/α,β-unsaturated/α-hetero) is 1. The van der Waals surface area contributed by atoms with E-state index < -0.39 is 6.10 Å². The molecule has 5 atom stereocenters. The topological polar surface area (TPSA) is 163 Å². The number of aromatic hydroxyl groups is 4. The van der Waals surface area contributed by atoms with Gasteiger partial charge in [-0.15, -0.1) is 0 Å². The van der Waals surface area contributed by atoms with Gasteiger partial charge in [0.2, 0.25) is 5.75 Å². The lowest BCUT2D eigenvalue weighted by Crippen LogP contribution is -2.43. The van der Waals surface area contributed by atoms with Crippen molar-refractivity contribution in [3.63, 3.8) is 0 Å². The summed E-state index contributed by atoms with van der Waals surface area (Å²) in [6.07, 6.45) is 6.26. The Morgan fingerprint density at radius 1 is 0.865 bits per heavy atom. The number of aliphatic hydroxyl groups excluding tert-OH is 1. The van der Waals surface area contributed by atoms with E-state index in [0.29, 0.717) is 12.8 Å². The van der Waals surface area contributed by atoms with Gasteiger partial charge in [-0.25, -0.2) is 0 Å². The van der Waals surface area contributed by atoms with Crippen molar-refractivity contribution in [1.29, 1.82) is 0 Å². The van der Waals surface area contributed by atoms with E-state index in [9.17, 15) is 30.3 Å². The van der Waals surface area contributed by atoms with Crippen molar-refractivity contribution in [1.82, 2.24) is 0 Å². The van der Waals surface area contributed by atoms with Gasteiger partial charge < -0.3 is 35.0 Å². The van der Waals surface area contributed by atoms with E-state index in [1.165, 1.54) is 11.6 Å². The lowest BCUT2D eigenvalue weighted by Gasteiger charge is -2.49. The normalized spacial score (nSPS) is 22.3. The molecule has 0 heterocycles. The minimum Gasteiger partial charge on any atom is -0.508 e. The predicted molar refractivity (Wildman–Crippen MR) is 197 cm³/mol. The largest absolute Gasteiger partial charge is 0.508 e. The molecule has 2 fully saturated rings. The molecule has 2 bridgehead atoms. The van der Waals surface area contributed by atoms with Gasteiger partial charge in [0.25, 0.3) is 0 Å². The number of fused-ring (bicyclic) bond motifs is 3. The van der Waals surface area contributed by atoms with Crippen LogP contribution in [0.4, 0.5) is 0 Å². The van der Waals surface area contributed by atoms with Crippen molar-refractivity contribution in [2.45, 2.75) is 94.2 Å². The van der Waals surface area contributed by atoms with Crippen LogP contribution in [0.1, 0.15) is 97.4 Å². The molecule has 8 rings (SSSR count). The average molecular weight is 708 g/mol. The summed E-state index contributed by atoms with van der Waals surface area (Å²) in [6.45, 7) is 0.0118. The number of benzene rings is 4. The maximum Gasteiger partial charge on any atom is 0.200 e. The third-order valence-corrected chi connectivity index (χ3v) is 12.1. The maximum atomic E-state index is 13.5. The predicted octanol–water partition coefficient (Wildman–Crippen LogP) is 7.45. The van der Waals surface area contributed by atoms with Crippen LogP contribution < -0.4 is 15.2 Å². The molecule has 4 aliphatic rings. The second-order valence-electron chi connectivity index (χ2n) is 15.0. The molecule has 0 saturated heterocycles. The summed E-state index contributed by atoms with van der Waals surface area (Å²) in [6, 6.07) is 24.1. The Bertz CT molecular complexity index is 1890. The van der Waals surface area contributed by atoms with Gasteiger partial charge in [-0.1, -0.05) is 61.4 Å². The van der Waals surface area contributed by atoms with Gasteiger partial charge in [0, 0.05) is 18.4 Å². The minimum absolute atomic E-state index is 0.00138. The van der Waals surface area contributed by atoms with Crippen LogP contribution in [0.2, 0.25) is 0 Å². The molecule has 0 radical (unpaired) electrons. The molecule has 4 aliphatic carbocycles. The fourth-order valence-electron chi connectivity index (χ4n) is 9.81. The van der Waals surface area contributed by atoms with Crippen LogP contribution in [0.3, 0.4) is 0 Å². The Morgan fingerprint density at radius 3 is 2.40 bits per heavy atom. The molecule has 0 aliphatic heterocycles. The molecule has 0 aromatic heterocycles. The zero-order valence-corrected chi connectivity index (χ0v) is 29.4. The number of phenols is 4. The summed E-state index contributed by atoms with van der Waals surface area (Å²) in [5.74, 6) is -0.324. The first kappa shape index (κ1) is 35.7. The zero-order chi connectivity index (χ0) is 36.4. The number of carbonyl (C=O) groups excluding carboxylic acids is 1. The van der Waals surface area contributed by atoms with Crippen LogP contribution in [-0.4, -0.2) is 44.2 Å². The quantitative estimate of drug-likeness (QED) is 0.0612. The van der Waals surface area contributed by atoms with Crippen LogP contribution >= 0.6 is 0 Å². The molecule has 0 amide bonds. The zero-order valence-electron chi connectivity index (χ0n) is 29.4. The van der Waals surface area contributed by atoms with Crippen molar-refractivity contribution in [3.05, 3.63) is 107 Å². The summed E-state index contributed by atoms with van der Waals surface area (Å²) in [5, 5.41) is 54.7. The molecule has 4 aromatic rings. The molecular formula is C43H49NO8. The molecule has 52 heavy (non-hydrogen) atoms. The molecule has 5 unspecified atom stereocenters. The number of hydrogen-bond donors (Lipinski definition) is 6. The van der Waals surface area contributed by atoms with Crippen molar-refractivity contribution in [2.24, 2.45) is 17.6 Å². The van der Waals surface area contributed by atoms with Gasteiger partial charge >= 0.3 is 0 Å². The first-order valence-corrected chi connectivity index (χ1v) is 18.6. The highest BCUT2D eigenvalue weighted by molar-refractivity contribution is 5.79. The summed E-state index contributed by atoms with van der Waals surface area (Å²) in [5.41, 5.74) is 9.97. The van der Waals surface area contributed by atoms with Gasteiger partial charge in [-0.3, -0.25) is 10.5 Å². The number of ether oxygens (including phenoxy) is 2. The van der Waals surface area contributed by atoms with Gasteiger partial charge in [0.1, 0.15) is 24.9 Å². The Hall–Kier alpha value is -4.73. The van der Waals surface area contributed by atoms with Gasteiger partial charge in [-0.05, 0) is 120 Å². The Labute approximate surface area is 304 Å². The van der Waals surface area contributed by atoms with Crippen LogP contribution in [0.5, 0.6) is 34.5 Å². The number of aliphatic hydroxyl groups is 1. The van der Waals surface area contributed by atoms with Gasteiger partial charge in [-0.2, -0.15) is 0 Å². The summed E-state index contributed by atoms with van der Waals surface area (Å²) in [4.78, 5) is 13.5. The summed E-state index contributed by atoms with van der Waals surface area (Å²) >= 11 is 0. The summed E-state index contributed by atoms with van der Waals surface area (Å²) in [7, 11) is 0. The number of hydrogen-bond acceptors (Lipinski definition) is 9. The molecular weight excluding hydrogens is 658 g/mol. The number of nitrogens with two attached hydrogens (primary N) is 1. The van der Waals surface area contributed by atoms with Crippen molar-refractivity contribution in [3.8, 4) is 34.5 Å². The highest BCUT2D eigenvalue weighted by Gasteiger charge is 2.55. The van der Waals surface area contributed by atoms with E-state index in [0.717, 1.165) is 60.8 Å². The fourth-order valence-corrected chi connectivity index (χ4v) is 9.81. The highest BCUT2D eigenvalue weighted by Crippen LogP contribution is 2.65. The summed E-state index contributed by atoms with van der Waals surface area (Å²) < 4.78 is 11.6. The Balaban J connectivity index is 1.23. The molecule has 0 spiro atoms. The van der Waals surface area contributed by atoms with Crippen molar-refractivity contribution >= 4 is 5.78 Å². The number of rotatable bonds is 13. The van der Waals surface area contributed by atoms with Crippen LogP contribution in [-0.2, 0) is 23.2 Å². The van der Waals surface area contributed by atoms with Crippen LogP contribution in [0, 0.1) is 11.8 Å². The standard InChI is InChI=1S/C43H49NO8/c44-25-52-38-20-26(12-16-35(38)47)11-14-31(46)22-36(48)32-15-13-28-21-34(43(17-4-5-18-43)29-8-2-1-3-9-29)40(32)33-23-37(49)41(50)42(39(28)33)51-24-27-7-6-10-30(45)19-27/h1-3,6-10,12,16,19-20,23,28,32,34,36,40,45,47-50H,4-5,11,13-15,17-18,21-22,24-25,44H2. The Morgan fingerprint density at radius 2 is 1.65 bits per heavy atom. The lowest BCUT2D eigenvalue weighted by atomic mass is 9.55. The third kappa shape index (κ3) is 6.92. The highest BCUT2D eigenvalue weighted by atomic mass is 16.5.